The summed E-state index contributed by atoms with van der Waals surface area (Å²) in [4.78, 5) is 25.8. The molecule has 5 rings (SSSR count). The molecule has 2 saturated heterocycles. The quantitative estimate of drug-likeness (QED) is 0.440. The first-order valence-corrected chi connectivity index (χ1v) is 11.3. The lowest BCUT2D eigenvalue weighted by atomic mass is 10.0. The fourth-order valence-electron chi connectivity index (χ4n) is 4.47. The Balaban J connectivity index is 1.41. The Hall–Kier alpha value is -3.90. The van der Waals surface area contributed by atoms with Gasteiger partial charge in [0.2, 0.25) is 5.91 Å². The minimum absolute atomic E-state index is 0.138. The molecule has 3 atom stereocenters. The van der Waals surface area contributed by atoms with Crippen LogP contribution in [0.3, 0.4) is 0 Å². The Morgan fingerprint density at radius 2 is 1.83 bits per heavy atom. The largest absolute Gasteiger partial charge is 0.417 e. The molecule has 9 nitrogen and oxygen atoms in total. The molecule has 36 heavy (non-hydrogen) atoms. The fourth-order valence-corrected chi connectivity index (χ4v) is 4.47. The standard InChI is InChI=1S/C24H24F3N7O2/c1-13-7-9-15(10-8-13)33-20-17(12-28-33)22(36)31-23(30-20)34-19(11-14(2)32-34)29-21(35)16-5-3-4-6-18(16)24(25,26)27/h3-11,17,20,23,28,30H,12H2,1-2H3,(H,29,35)(H,31,36). The number of aryl methyl sites for hydroxylation is 2. The van der Waals surface area contributed by atoms with Crippen molar-refractivity contribution in [3.8, 4) is 0 Å². The number of fused-ring (bicyclic) bond motifs is 1. The van der Waals surface area contributed by atoms with Gasteiger partial charge in [-0.15, -0.1) is 0 Å². The summed E-state index contributed by atoms with van der Waals surface area (Å²) in [7, 11) is 0. The lowest BCUT2D eigenvalue weighted by Gasteiger charge is -2.37. The normalized spacial score (nSPS) is 21.8. The Morgan fingerprint density at radius 1 is 1.11 bits per heavy atom. The summed E-state index contributed by atoms with van der Waals surface area (Å²) in [5.41, 5.74) is 4.15. The van der Waals surface area contributed by atoms with Crippen LogP contribution in [0.5, 0.6) is 0 Å². The third-order valence-corrected chi connectivity index (χ3v) is 6.22. The second kappa shape index (κ2) is 8.95. The van der Waals surface area contributed by atoms with Crippen LogP contribution in [-0.2, 0) is 11.0 Å². The van der Waals surface area contributed by atoms with Gasteiger partial charge in [-0.25, -0.2) is 10.1 Å². The number of halogens is 3. The topological polar surface area (TPSA) is 103 Å². The molecule has 0 radical (unpaired) electrons. The first-order valence-electron chi connectivity index (χ1n) is 11.3. The number of nitrogens with zero attached hydrogens (tertiary/aromatic N) is 3. The number of aromatic nitrogens is 2. The highest BCUT2D eigenvalue weighted by molar-refractivity contribution is 6.05. The van der Waals surface area contributed by atoms with Crippen molar-refractivity contribution in [2.24, 2.45) is 5.92 Å². The van der Waals surface area contributed by atoms with Gasteiger partial charge in [0.1, 0.15) is 12.0 Å². The molecule has 1 aromatic heterocycles. The van der Waals surface area contributed by atoms with E-state index in [1.54, 1.807) is 6.92 Å². The van der Waals surface area contributed by atoms with E-state index < -0.39 is 41.6 Å². The lowest BCUT2D eigenvalue weighted by molar-refractivity contribution is -0.138. The van der Waals surface area contributed by atoms with Crippen molar-refractivity contribution in [1.29, 1.82) is 0 Å². The molecule has 188 valence electrons. The van der Waals surface area contributed by atoms with Gasteiger partial charge in [0.05, 0.1) is 28.4 Å². The first-order chi connectivity index (χ1) is 17.1. The van der Waals surface area contributed by atoms with E-state index in [0.29, 0.717) is 12.2 Å². The van der Waals surface area contributed by atoms with Gasteiger partial charge < -0.3 is 10.6 Å². The maximum Gasteiger partial charge on any atom is 0.417 e. The van der Waals surface area contributed by atoms with Crippen LogP contribution >= 0.6 is 0 Å². The minimum Gasteiger partial charge on any atom is -0.321 e. The number of hydrogen-bond acceptors (Lipinski definition) is 6. The third-order valence-electron chi connectivity index (χ3n) is 6.22. The number of hydrogen-bond donors (Lipinski definition) is 4. The van der Waals surface area contributed by atoms with Gasteiger partial charge in [0, 0.05) is 12.6 Å². The van der Waals surface area contributed by atoms with E-state index in [9.17, 15) is 22.8 Å². The van der Waals surface area contributed by atoms with E-state index in [-0.39, 0.29) is 11.7 Å². The zero-order valence-corrected chi connectivity index (χ0v) is 19.4. The Morgan fingerprint density at radius 3 is 2.56 bits per heavy atom. The highest BCUT2D eigenvalue weighted by Crippen LogP contribution is 2.33. The first kappa shape index (κ1) is 23.8. The number of nitrogens with one attached hydrogen (secondary N) is 4. The molecule has 2 aliphatic rings. The van der Waals surface area contributed by atoms with Crippen LogP contribution in [0.1, 0.15) is 33.5 Å². The summed E-state index contributed by atoms with van der Waals surface area (Å²) in [6.07, 6.45) is -5.97. The Labute approximate surface area is 204 Å². The molecule has 4 N–H and O–H groups in total. The molecule has 2 aliphatic heterocycles. The van der Waals surface area contributed by atoms with Gasteiger partial charge in [0.15, 0.2) is 6.29 Å². The molecule has 0 bridgehead atoms. The molecule has 2 aromatic carbocycles. The zero-order chi connectivity index (χ0) is 25.6. The summed E-state index contributed by atoms with van der Waals surface area (Å²) in [5.74, 6) is -1.42. The summed E-state index contributed by atoms with van der Waals surface area (Å²) in [6.45, 7) is 4.08. The molecular formula is C24H24F3N7O2. The molecule has 3 unspecified atom stereocenters. The van der Waals surface area contributed by atoms with Gasteiger partial charge in [-0.2, -0.15) is 18.3 Å². The molecule has 12 heteroatoms. The second-order valence-corrected chi connectivity index (χ2v) is 8.81. The summed E-state index contributed by atoms with van der Waals surface area (Å²) >= 11 is 0. The van der Waals surface area contributed by atoms with Crippen LogP contribution in [0, 0.1) is 19.8 Å². The number of alkyl halides is 3. The summed E-state index contributed by atoms with van der Waals surface area (Å²) < 4.78 is 41.6. The summed E-state index contributed by atoms with van der Waals surface area (Å²) in [6, 6.07) is 13.9. The number of benzene rings is 2. The van der Waals surface area contributed by atoms with E-state index in [0.717, 1.165) is 23.4 Å². The van der Waals surface area contributed by atoms with Crippen molar-refractivity contribution in [2.45, 2.75) is 32.5 Å². The van der Waals surface area contributed by atoms with E-state index >= 15 is 0 Å². The van der Waals surface area contributed by atoms with E-state index in [1.165, 1.54) is 22.9 Å². The molecule has 2 fully saturated rings. The van der Waals surface area contributed by atoms with Crippen LogP contribution in [0.15, 0.2) is 54.6 Å². The summed E-state index contributed by atoms with van der Waals surface area (Å²) in [5, 5.41) is 14.9. The molecule has 3 heterocycles. The van der Waals surface area contributed by atoms with Crippen LogP contribution in [0.2, 0.25) is 0 Å². The maximum absolute atomic E-state index is 13.4. The fraction of sp³-hybridized carbons (Fsp3) is 0.292. The van der Waals surface area contributed by atoms with Gasteiger partial charge >= 0.3 is 6.18 Å². The monoisotopic (exact) mass is 499 g/mol. The zero-order valence-electron chi connectivity index (χ0n) is 19.4. The third kappa shape index (κ3) is 4.40. The van der Waals surface area contributed by atoms with Gasteiger partial charge in [0.25, 0.3) is 5.91 Å². The van der Waals surface area contributed by atoms with Crippen LogP contribution in [-0.4, -0.2) is 34.3 Å². The van der Waals surface area contributed by atoms with E-state index in [2.05, 4.69) is 26.5 Å². The number of carbonyl (C=O) groups excluding carboxylic acids is 2. The van der Waals surface area contributed by atoms with Gasteiger partial charge in [-0.05, 0) is 38.1 Å². The van der Waals surface area contributed by atoms with Gasteiger partial charge in [-0.3, -0.25) is 19.9 Å². The molecular weight excluding hydrogens is 475 g/mol. The smallest absolute Gasteiger partial charge is 0.321 e. The van der Waals surface area contributed by atoms with Crippen molar-refractivity contribution in [2.75, 3.05) is 16.9 Å². The van der Waals surface area contributed by atoms with Crippen molar-refractivity contribution >= 4 is 23.3 Å². The van der Waals surface area contributed by atoms with Crippen LogP contribution in [0.25, 0.3) is 0 Å². The average molecular weight is 499 g/mol. The molecule has 0 spiro atoms. The van der Waals surface area contributed by atoms with Crippen LogP contribution in [0.4, 0.5) is 24.7 Å². The van der Waals surface area contributed by atoms with Crippen molar-refractivity contribution < 1.29 is 22.8 Å². The highest BCUT2D eigenvalue weighted by Gasteiger charge is 2.45. The highest BCUT2D eigenvalue weighted by atomic mass is 19.4. The lowest BCUT2D eigenvalue weighted by Crippen LogP contribution is -2.61. The molecule has 2 amide bonds. The van der Waals surface area contributed by atoms with Crippen molar-refractivity contribution in [1.82, 2.24) is 25.8 Å². The molecule has 0 aliphatic carbocycles. The van der Waals surface area contributed by atoms with Crippen molar-refractivity contribution in [3.05, 3.63) is 77.0 Å². The van der Waals surface area contributed by atoms with E-state index in [4.69, 9.17) is 0 Å². The molecule has 0 saturated carbocycles. The number of hydrazine groups is 1. The van der Waals surface area contributed by atoms with Gasteiger partial charge in [-0.1, -0.05) is 29.8 Å². The van der Waals surface area contributed by atoms with Crippen LogP contribution < -0.4 is 26.4 Å². The predicted molar refractivity (Wildman–Crippen MR) is 126 cm³/mol. The SMILES string of the molecule is Cc1ccc(N2NCC3C(=O)NC(n4nc(C)cc4NC(=O)c4ccccc4C(F)(F)F)NC32)cc1. The number of amides is 2. The number of anilines is 2. The van der Waals surface area contributed by atoms with E-state index in [1.807, 2.05) is 36.2 Å². The maximum atomic E-state index is 13.4. The molecule has 3 aromatic rings. The van der Waals surface area contributed by atoms with Crippen molar-refractivity contribution in [3.63, 3.8) is 0 Å². The second-order valence-electron chi connectivity index (χ2n) is 8.81. The number of rotatable bonds is 4. The number of carbonyl (C=O) groups is 2. The predicted octanol–water partition coefficient (Wildman–Crippen LogP) is 2.91. The Bertz CT molecular complexity index is 1310. The Kier molecular flexibility index (Phi) is 5.92. The minimum atomic E-state index is -4.69. The average Bonchev–Trinajstić information content (AvgIpc) is 3.42.